The number of hydrogen-bond acceptors (Lipinski definition) is 2. The van der Waals surface area contributed by atoms with Gasteiger partial charge in [0, 0.05) is 6.54 Å². The van der Waals surface area contributed by atoms with Crippen LogP contribution in [0.1, 0.15) is 46.5 Å². The zero-order valence-electron chi connectivity index (χ0n) is 9.73. The van der Waals surface area contributed by atoms with E-state index in [0.29, 0.717) is 11.3 Å². The molecular weight excluding hydrogens is 174 g/mol. The van der Waals surface area contributed by atoms with Gasteiger partial charge in [0.1, 0.15) is 5.72 Å². The summed E-state index contributed by atoms with van der Waals surface area (Å²) in [7, 11) is 0. The van der Waals surface area contributed by atoms with Crippen molar-refractivity contribution >= 4 is 0 Å². The maximum Gasteiger partial charge on any atom is 0.119 e. The summed E-state index contributed by atoms with van der Waals surface area (Å²) in [6, 6.07) is 0. The maximum atomic E-state index is 6.05. The largest absolute Gasteiger partial charge is 0.360 e. The van der Waals surface area contributed by atoms with Crippen LogP contribution in [0.25, 0.3) is 0 Å². The van der Waals surface area contributed by atoms with Crippen molar-refractivity contribution in [2.24, 2.45) is 11.3 Å². The Labute approximate surface area is 87.4 Å². The van der Waals surface area contributed by atoms with Crippen LogP contribution in [0, 0.1) is 11.3 Å². The standard InChI is InChI=1S/C12H23NO/c1-11(2,3)10-8-13-12(14-9-10)6-4-5-7-12/h10,13H,4-9H2,1-3H3. The van der Waals surface area contributed by atoms with Gasteiger partial charge < -0.3 is 4.74 Å². The van der Waals surface area contributed by atoms with E-state index >= 15 is 0 Å². The second-order valence-corrected chi connectivity index (χ2v) is 5.96. The highest BCUT2D eigenvalue weighted by Gasteiger charge is 2.40. The summed E-state index contributed by atoms with van der Waals surface area (Å²) in [5, 5.41) is 3.63. The minimum atomic E-state index is 0.0712. The van der Waals surface area contributed by atoms with Crippen molar-refractivity contribution in [3.05, 3.63) is 0 Å². The van der Waals surface area contributed by atoms with Gasteiger partial charge in [-0.3, -0.25) is 5.32 Å². The summed E-state index contributed by atoms with van der Waals surface area (Å²) in [6.45, 7) is 8.97. The molecule has 0 aromatic carbocycles. The van der Waals surface area contributed by atoms with Crippen LogP contribution in [0.2, 0.25) is 0 Å². The first-order valence-corrected chi connectivity index (χ1v) is 5.91. The van der Waals surface area contributed by atoms with E-state index in [1.165, 1.54) is 25.7 Å². The molecule has 0 bridgehead atoms. The third-order valence-electron chi connectivity index (χ3n) is 3.87. The Morgan fingerprint density at radius 2 is 1.86 bits per heavy atom. The van der Waals surface area contributed by atoms with Crippen molar-refractivity contribution in [1.29, 1.82) is 0 Å². The van der Waals surface area contributed by atoms with E-state index in [0.717, 1.165) is 13.2 Å². The fourth-order valence-electron chi connectivity index (χ4n) is 2.50. The second-order valence-electron chi connectivity index (χ2n) is 5.96. The lowest BCUT2D eigenvalue weighted by molar-refractivity contribution is -0.128. The van der Waals surface area contributed by atoms with E-state index in [1.54, 1.807) is 0 Å². The summed E-state index contributed by atoms with van der Waals surface area (Å²) >= 11 is 0. The summed E-state index contributed by atoms with van der Waals surface area (Å²) in [5.41, 5.74) is 0.439. The van der Waals surface area contributed by atoms with E-state index in [1.807, 2.05) is 0 Å². The Kier molecular flexibility index (Phi) is 2.61. The predicted octanol–water partition coefficient (Wildman–Crippen LogP) is 2.54. The average molecular weight is 197 g/mol. The molecule has 2 rings (SSSR count). The zero-order chi connectivity index (χ0) is 10.2. The fourth-order valence-corrected chi connectivity index (χ4v) is 2.50. The van der Waals surface area contributed by atoms with Gasteiger partial charge in [0.25, 0.3) is 0 Å². The fraction of sp³-hybridized carbons (Fsp3) is 1.00. The van der Waals surface area contributed by atoms with Crippen LogP contribution < -0.4 is 5.32 Å². The van der Waals surface area contributed by atoms with E-state index < -0.39 is 0 Å². The molecule has 1 unspecified atom stereocenters. The Balaban J connectivity index is 1.92. The van der Waals surface area contributed by atoms with Crippen molar-refractivity contribution < 1.29 is 4.74 Å². The molecule has 1 heterocycles. The van der Waals surface area contributed by atoms with Crippen molar-refractivity contribution in [2.75, 3.05) is 13.2 Å². The van der Waals surface area contributed by atoms with Gasteiger partial charge in [0.15, 0.2) is 0 Å². The predicted molar refractivity (Wildman–Crippen MR) is 58.1 cm³/mol. The first kappa shape index (κ1) is 10.4. The third kappa shape index (κ3) is 1.96. The Morgan fingerprint density at radius 1 is 1.21 bits per heavy atom. The first-order valence-electron chi connectivity index (χ1n) is 5.91. The van der Waals surface area contributed by atoms with Gasteiger partial charge in [-0.25, -0.2) is 0 Å². The van der Waals surface area contributed by atoms with E-state index in [4.69, 9.17) is 4.74 Å². The molecule has 1 spiro atoms. The smallest absolute Gasteiger partial charge is 0.119 e. The SMILES string of the molecule is CC(C)(C)C1CNC2(CCCC2)OC1. The van der Waals surface area contributed by atoms with Crippen LogP contribution in [0.4, 0.5) is 0 Å². The van der Waals surface area contributed by atoms with Gasteiger partial charge in [-0.1, -0.05) is 20.8 Å². The van der Waals surface area contributed by atoms with Crippen LogP contribution in [-0.2, 0) is 4.74 Å². The molecule has 0 aromatic rings. The highest BCUT2D eigenvalue weighted by Crippen LogP contribution is 2.37. The molecule has 2 aliphatic rings. The molecule has 1 atom stereocenters. The molecule has 0 amide bonds. The van der Waals surface area contributed by atoms with Gasteiger partial charge in [-0.2, -0.15) is 0 Å². The molecule has 0 radical (unpaired) electrons. The molecule has 82 valence electrons. The summed E-state index contributed by atoms with van der Waals surface area (Å²) < 4.78 is 6.05. The van der Waals surface area contributed by atoms with E-state index in [2.05, 4.69) is 26.1 Å². The third-order valence-corrected chi connectivity index (χ3v) is 3.87. The summed E-state index contributed by atoms with van der Waals surface area (Å²) in [5.74, 6) is 0.661. The van der Waals surface area contributed by atoms with Crippen LogP contribution in [0.5, 0.6) is 0 Å². The van der Waals surface area contributed by atoms with Crippen molar-refractivity contribution in [3.8, 4) is 0 Å². The van der Waals surface area contributed by atoms with E-state index in [-0.39, 0.29) is 5.72 Å². The van der Waals surface area contributed by atoms with Crippen molar-refractivity contribution in [2.45, 2.75) is 52.2 Å². The molecule has 14 heavy (non-hydrogen) atoms. The lowest BCUT2D eigenvalue weighted by Gasteiger charge is -2.43. The van der Waals surface area contributed by atoms with Crippen molar-refractivity contribution in [3.63, 3.8) is 0 Å². The molecule has 2 heteroatoms. The highest BCUT2D eigenvalue weighted by atomic mass is 16.5. The molecular formula is C12H23NO. The Morgan fingerprint density at radius 3 is 2.29 bits per heavy atom. The molecule has 1 saturated carbocycles. The molecule has 0 aromatic heterocycles. The van der Waals surface area contributed by atoms with Crippen molar-refractivity contribution in [1.82, 2.24) is 5.32 Å². The molecule has 1 aliphatic carbocycles. The number of hydrogen-bond donors (Lipinski definition) is 1. The van der Waals surface area contributed by atoms with Crippen LogP contribution in [0.15, 0.2) is 0 Å². The maximum absolute atomic E-state index is 6.05. The Hall–Kier alpha value is -0.0800. The highest BCUT2D eigenvalue weighted by molar-refractivity contribution is 4.90. The van der Waals surface area contributed by atoms with E-state index in [9.17, 15) is 0 Å². The number of ether oxygens (including phenoxy) is 1. The zero-order valence-corrected chi connectivity index (χ0v) is 9.73. The van der Waals surface area contributed by atoms with Gasteiger partial charge in [0.2, 0.25) is 0 Å². The van der Waals surface area contributed by atoms with Gasteiger partial charge >= 0.3 is 0 Å². The molecule has 1 N–H and O–H groups in total. The Bertz CT molecular complexity index is 191. The van der Waals surface area contributed by atoms with Crippen LogP contribution >= 0.6 is 0 Å². The molecule has 1 aliphatic heterocycles. The average Bonchev–Trinajstić information content (AvgIpc) is 2.53. The number of nitrogens with one attached hydrogen (secondary N) is 1. The van der Waals surface area contributed by atoms with Crippen LogP contribution in [0.3, 0.4) is 0 Å². The lowest BCUT2D eigenvalue weighted by atomic mass is 9.80. The van der Waals surface area contributed by atoms with Gasteiger partial charge in [0.05, 0.1) is 6.61 Å². The normalized spacial score (nSPS) is 32.4. The number of rotatable bonds is 0. The quantitative estimate of drug-likeness (QED) is 0.644. The lowest BCUT2D eigenvalue weighted by Crippen LogP contribution is -2.55. The van der Waals surface area contributed by atoms with Gasteiger partial charge in [-0.05, 0) is 37.0 Å². The molecule has 2 fully saturated rings. The minimum absolute atomic E-state index is 0.0712. The monoisotopic (exact) mass is 197 g/mol. The second kappa shape index (κ2) is 3.49. The molecule has 1 saturated heterocycles. The molecule has 2 nitrogen and oxygen atoms in total. The summed E-state index contributed by atoms with van der Waals surface area (Å²) in [4.78, 5) is 0. The summed E-state index contributed by atoms with van der Waals surface area (Å²) in [6.07, 6.45) is 5.08. The minimum Gasteiger partial charge on any atom is -0.360 e. The topological polar surface area (TPSA) is 21.3 Å². The van der Waals surface area contributed by atoms with Crippen LogP contribution in [-0.4, -0.2) is 18.9 Å². The van der Waals surface area contributed by atoms with Gasteiger partial charge in [-0.15, -0.1) is 0 Å². The first-order chi connectivity index (χ1) is 6.52.